The largest absolute Gasteiger partial charge is 0.323 e. The van der Waals surface area contributed by atoms with Crippen LogP contribution in [0, 0.1) is 32.0 Å². The molecule has 4 nitrogen and oxygen atoms in total. The number of hydrogen-bond acceptors (Lipinski definition) is 2. The van der Waals surface area contributed by atoms with Gasteiger partial charge in [0.15, 0.2) is 0 Å². The minimum atomic E-state index is -0.312. The van der Waals surface area contributed by atoms with Crippen molar-refractivity contribution in [2.24, 2.45) is 0 Å². The van der Waals surface area contributed by atoms with E-state index in [0.717, 1.165) is 22.6 Å². The summed E-state index contributed by atoms with van der Waals surface area (Å²) in [7, 11) is 0. The molecule has 0 saturated heterocycles. The molecule has 0 aliphatic carbocycles. The minimum absolute atomic E-state index is 0.169. The van der Waals surface area contributed by atoms with Gasteiger partial charge in [-0.3, -0.25) is 4.79 Å². The van der Waals surface area contributed by atoms with Crippen LogP contribution in [0.4, 0.5) is 4.39 Å². The van der Waals surface area contributed by atoms with Gasteiger partial charge in [-0.2, -0.15) is 5.10 Å². The minimum Gasteiger partial charge on any atom is -0.323 e. The smallest absolute Gasteiger partial charge is 0.254 e. The number of carbonyl (C=O) groups is 1. The summed E-state index contributed by atoms with van der Waals surface area (Å²) in [6.45, 7) is 4.42. The van der Waals surface area contributed by atoms with E-state index >= 15 is 0 Å². The highest BCUT2D eigenvalue weighted by Crippen LogP contribution is 2.15. The summed E-state index contributed by atoms with van der Waals surface area (Å²) in [6.07, 6.45) is 5.43. The summed E-state index contributed by atoms with van der Waals surface area (Å²) >= 11 is 0. The first-order chi connectivity index (χ1) is 13.0. The molecule has 0 N–H and O–H groups in total. The third kappa shape index (κ3) is 4.24. The maximum Gasteiger partial charge on any atom is 0.254 e. The van der Waals surface area contributed by atoms with Crippen LogP contribution in [0.3, 0.4) is 0 Å². The SMILES string of the molecule is C#CCN(Cc1ccc(F)cc1)C(=O)c1ccc(-n2nc(C)cc2C)cc1. The highest BCUT2D eigenvalue weighted by molar-refractivity contribution is 5.94. The summed E-state index contributed by atoms with van der Waals surface area (Å²) in [5.74, 6) is 2.03. The summed E-state index contributed by atoms with van der Waals surface area (Å²) in [5, 5.41) is 4.45. The fraction of sp³-hybridized carbons (Fsp3) is 0.182. The molecule has 27 heavy (non-hydrogen) atoms. The van der Waals surface area contributed by atoms with Gasteiger partial charge in [0.2, 0.25) is 0 Å². The number of nitrogens with zero attached hydrogens (tertiary/aromatic N) is 3. The second-order valence-corrected chi connectivity index (χ2v) is 6.38. The van der Waals surface area contributed by atoms with Crippen LogP contribution in [0.5, 0.6) is 0 Å². The number of benzene rings is 2. The quantitative estimate of drug-likeness (QED) is 0.647. The molecule has 136 valence electrons. The predicted molar refractivity (Wildman–Crippen MR) is 103 cm³/mol. The summed E-state index contributed by atoms with van der Waals surface area (Å²) in [6, 6.07) is 15.3. The van der Waals surface area contributed by atoms with Gasteiger partial charge in [-0.05, 0) is 61.9 Å². The number of carbonyl (C=O) groups excluding carboxylic acids is 1. The molecule has 2 aromatic carbocycles. The van der Waals surface area contributed by atoms with E-state index < -0.39 is 0 Å². The fourth-order valence-electron chi connectivity index (χ4n) is 2.94. The monoisotopic (exact) mass is 361 g/mol. The Hall–Kier alpha value is -3.39. The van der Waals surface area contributed by atoms with Gasteiger partial charge in [0.1, 0.15) is 5.82 Å². The second-order valence-electron chi connectivity index (χ2n) is 6.38. The average Bonchev–Trinajstić information content (AvgIpc) is 3.01. The molecule has 0 spiro atoms. The van der Waals surface area contributed by atoms with Gasteiger partial charge in [-0.25, -0.2) is 9.07 Å². The molecule has 0 aliphatic heterocycles. The van der Waals surface area contributed by atoms with Crippen molar-refractivity contribution >= 4 is 5.91 Å². The van der Waals surface area contributed by atoms with E-state index in [0.29, 0.717) is 12.1 Å². The zero-order valence-corrected chi connectivity index (χ0v) is 15.3. The molecule has 1 amide bonds. The number of amides is 1. The Morgan fingerprint density at radius 3 is 2.37 bits per heavy atom. The molecular formula is C22H20FN3O. The normalized spacial score (nSPS) is 10.4. The third-order valence-electron chi connectivity index (χ3n) is 4.22. The molecule has 3 aromatic rings. The van der Waals surface area contributed by atoms with Crippen LogP contribution in [0.2, 0.25) is 0 Å². The van der Waals surface area contributed by atoms with E-state index in [1.165, 1.54) is 12.1 Å². The number of halogens is 1. The van der Waals surface area contributed by atoms with Gasteiger partial charge >= 0.3 is 0 Å². The standard InChI is InChI=1S/C22H20FN3O/c1-4-13-25(15-18-5-9-20(23)10-6-18)22(27)19-7-11-21(12-8-19)26-17(3)14-16(2)24-26/h1,5-12,14H,13,15H2,2-3H3. The van der Waals surface area contributed by atoms with Gasteiger partial charge < -0.3 is 4.90 Å². The molecule has 0 atom stereocenters. The molecule has 0 unspecified atom stereocenters. The van der Waals surface area contributed by atoms with Crippen LogP contribution in [0.1, 0.15) is 27.3 Å². The first-order valence-electron chi connectivity index (χ1n) is 8.59. The number of rotatable bonds is 5. The van der Waals surface area contributed by atoms with Crippen LogP contribution < -0.4 is 0 Å². The highest BCUT2D eigenvalue weighted by atomic mass is 19.1. The Kier molecular flexibility index (Phi) is 5.37. The average molecular weight is 361 g/mol. The molecule has 0 fully saturated rings. The van der Waals surface area contributed by atoms with E-state index in [4.69, 9.17) is 6.42 Å². The van der Waals surface area contributed by atoms with E-state index in [2.05, 4.69) is 11.0 Å². The van der Waals surface area contributed by atoms with Gasteiger partial charge in [-0.15, -0.1) is 6.42 Å². The lowest BCUT2D eigenvalue weighted by molar-refractivity contribution is 0.0766. The van der Waals surface area contributed by atoms with Crippen LogP contribution in [0.25, 0.3) is 5.69 Å². The number of aromatic nitrogens is 2. The zero-order valence-electron chi connectivity index (χ0n) is 15.3. The molecule has 5 heteroatoms. The maximum absolute atomic E-state index is 13.1. The van der Waals surface area contributed by atoms with Crippen molar-refractivity contribution in [3.63, 3.8) is 0 Å². The third-order valence-corrected chi connectivity index (χ3v) is 4.22. The van der Waals surface area contributed by atoms with Crippen LogP contribution in [-0.4, -0.2) is 27.1 Å². The van der Waals surface area contributed by atoms with Crippen molar-refractivity contribution in [2.75, 3.05) is 6.54 Å². The topological polar surface area (TPSA) is 38.1 Å². The number of aryl methyl sites for hydroxylation is 2. The lowest BCUT2D eigenvalue weighted by Gasteiger charge is -2.20. The van der Waals surface area contributed by atoms with Crippen molar-refractivity contribution in [1.29, 1.82) is 0 Å². The molecule has 0 saturated carbocycles. The number of terminal acetylenes is 1. The van der Waals surface area contributed by atoms with E-state index in [9.17, 15) is 9.18 Å². The van der Waals surface area contributed by atoms with Crippen LogP contribution in [-0.2, 0) is 6.54 Å². The summed E-state index contributed by atoms with van der Waals surface area (Å²) in [4.78, 5) is 14.4. The van der Waals surface area contributed by atoms with E-state index in [-0.39, 0.29) is 18.3 Å². The fourth-order valence-corrected chi connectivity index (χ4v) is 2.94. The molecule has 0 bridgehead atoms. The first kappa shape index (κ1) is 18.4. The Balaban J connectivity index is 1.80. The Morgan fingerprint density at radius 2 is 1.81 bits per heavy atom. The second kappa shape index (κ2) is 7.88. The van der Waals surface area contributed by atoms with Crippen molar-refractivity contribution in [1.82, 2.24) is 14.7 Å². The molecule has 1 heterocycles. The van der Waals surface area contributed by atoms with Crippen molar-refractivity contribution in [2.45, 2.75) is 20.4 Å². The molecule has 3 rings (SSSR count). The van der Waals surface area contributed by atoms with Crippen molar-refractivity contribution in [3.8, 4) is 18.0 Å². The predicted octanol–water partition coefficient (Wildman–Crippen LogP) is 3.90. The lowest BCUT2D eigenvalue weighted by Crippen LogP contribution is -2.31. The van der Waals surface area contributed by atoms with Crippen molar-refractivity contribution in [3.05, 3.63) is 82.9 Å². The molecule has 0 radical (unpaired) electrons. The molecule has 1 aromatic heterocycles. The zero-order chi connectivity index (χ0) is 19.4. The van der Waals surface area contributed by atoms with Gasteiger partial charge in [0.05, 0.1) is 17.9 Å². The van der Waals surface area contributed by atoms with E-state index in [1.54, 1.807) is 29.2 Å². The lowest BCUT2D eigenvalue weighted by atomic mass is 10.1. The first-order valence-corrected chi connectivity index (χ1v) is 8.59. The Morgan fingerprint density at radius 1 is 1.15 bits per heavy atom. The molecular weight excluding hydrogens is 341 g/mol. The Labute approximate surface area is 158 Å². The Bertz CT molecular complexity index is 982. The molecule has 0 aliphatic rings. The highest BCUT2D eigenvalue weighted by Gasteiger charge is 2.16. The summed E-state index contributed by atoms with van der Waals surface area (Å²) in [5.41, 5.74) is 4.21. The van der Waals surface area contributed by atoms with Crippen LogP contribution >= 0.6 is 0 Å². The van der Waals surface area contributed by atoms with Gasteiger partial charge in [0.25, 0.3) is 5.91 Å². The summed E-state index contributed by atoms with van der Waals surface area (Å²) < 4.78 is 14.9. The van der Waals surface area contributed by atoms with E-state index in [1.807, 2.05) is 36.7 Å². The van der Waals surface area contributed by atoms with Crippen molar-refractivity contribution < 1.29 is 9.18 Å². The van der Waals surface area contributed by atoms with Crippen LogP contribution in [0.15, 0.2) is 54.6 Å². The number of hydrogen-bond donors (Lipinski definition) is 0. The maximum atomic E-state index is 13.1. The van der Waals surface area contributed by atoms with Gasteiger partial charge in [-0.1, -0.05) is 18.1 Å². The van der Waals surface area contributed by atoms with Gasteiger partial charge in [0, 0.05) is 17.8 Å².